The Morgan fingerprint density at radius 3 is 2.90 bits per heavy atom. The van der Waals surface area contributed by atoms with E-state index in [2.05, 4.69) is 71.9 Å². The van der Waals surface area contributed by atoms with Gasteiger partial charge in [-0.05, 0) is 18.6 Å². The molecule has 0 saturated carbocycles. The predicted octanol–water partition coefficient (Wildman–Crippen LogP) is 2.86. The van der Waals surface area contributed by atoms with E-state index in [9.17, 15) is 0 Å². The number of allylic oxidation sites excluding steroid dienone is 1. The largest absolute Gasteiger partial charge is 0.298 e. The second-order valence-electron chi connectivity index (χ2n) is 5.31. The number of aromatic nitrogens is 3. The van der Waals surface area contributed by atoms with Crippen LogP contribution in [0.25, 0.3) is 28.5 Å². The van der Waals surface area contributed by atoms with Crippen molar-refractivity contribution in [2.45, 2.75) is 13.3 Å². The molecule has 0 bridgehead atoms. The van der Waals surface area contributed by atoms with Crippen LogP contribution in [-0.4, -0.2) is 9.55 Å². The quantitative estimate of drug-likeness (QED) is 0.618. The SMILES string of the molecule is Cc1ccccc1-c1c2c(cc[n+]1C)nc1n2C=CC1. The van der Waals surface area contributed by atoms with Crippen LogP contribution in [0.3, 0.4) is 0 Å². The van der Waals surface area contributed by atoms with Crippen molar-refractivity contribution in [1.29, 1.82) is 0 Å². The molecule has 0 fully saturated rings. The first kappa shape index (κ1) is 11.4. The molecule has 1 aromatic carbocycles. The topological polar surface area (TPSA) is 21.7 Å². The molecule has 0 spiro atoms. The number of hydrogen-bond acceptors (Lipinski definition) is 1. The zero-order valence-electron chi connectivity index (χ0n) is 11.7. The fourth-order valence-corrected chi connectivity index (χ4v) is 3.00. The molecular formula is C17H16N3+. The smallest absolute Gasteiger partial charge is 0.239 e. The van der Waals surface area contributed by atoms with Crippen molar-refractivity contribution >= 4 is 17.2 Å². The number of nitrogens with zero attached hydrogens (tertiary/aromatic N) is 3. The fraction of sp³-hybridized carbons (Fsp3) is 0.176. The molecule has 0 amide bonds. The number of benzene rings is 1. The maximum absolute atomic E-state index is 4.74. The van der Waals surface area contributed by atoms with E-state index < -0.39 is 0 Å². The Kier molecular flexibility index (Phi) is 2.30. The average Bonchev–Trinajstić information content (AvgIpc) is 3.01. The Bertz CT molecular complexity index is 856. The summed E-state index contributed by atoms with van der Waals surface area (Å²) in [6.07, 6.45) is 7.31. The molecule has 0 unspecified atom stereocenters. The minimum Gasteiger partial charge on any atom is -0.298 e. The Hall–Kier alpha value is -2.42. The third kappa shape index (κ3) is 1.46. The molecule has 3 nitrogen and oxygen atoms in total. The summed E-state index contributed by atoms with van der Waals surface area (Å²) in [5.41, 5.74) is 6.05. The average molecular weight is 262 g/mol. The third-order valence-corrected chi connectivity index (χ3v) is 4.00. The minimum atomic E-state index is 0.922. The molecule has 2 aromatic heterocycles. The second-order valence-corrected chi connectivity index (χ2v) is 5.31. The van der Waals surface area contributed by atoms with Gasteiger partial charge in [0.1, 0.15) is 23.9 Å². The molecule has 98 valence electrons. The zero-order valence-corrected chi connectivity index (χ0v) is 11.7. The van der Waals surface area contributed by atoms with E-state index in [-0.39, 0.29) is 0 Å². The predicted molar refractivity (Wildman–Crippen MR) is 80.1 cm³/mol. The maximum atomic E-state index is 4.74. The molecule has 0 aliphatic carbocycles. The highest BCUT2D eigenvalue weighted by molar-refractivity contribution is 5.91. The third-order valence-electron chi connectivity index (χ3n) is 4.00. The van der Waals surface area contributed by atoms with Crippen molar-refractivity contribution in [3.8, 4) is 11.3 Å². The van der Waals surface area contributed by atoms with Gasteiger partial charge in [0.15, 0.2) is 6.20 Å². The summed E-state index contributed by atoms with van der Waals surface area (Å²) >= 11 is 0. The molecule has 3 aromatic rings. The lowest BCUT2D eigenvalue weighted by Crippen LogP contribution is -2.31. The van der Waals surface area contributed by atoms with Crippen molar-refractivity contribution in [3.05, 3.63) is 54.0 Å². The van der Waals surface area contributed by atoms with Crippen LogP contribution < -0.4 is 4.57 Å². The van der Waals surface area contributed by atoms with Crippen LogP contribution in [0.5, 0.6) is 0 Å². The number of fused-ring (bicyclic) bond motifs is 3. The molecule has 1 aliphatic heterocycles. The van der Waals surface area contributed by atoms with E-state index >= 15 is 0 Å². The monoisotopic (exact) mass is 262 g/mol. The van der Waals surface area contributed by atoms with Gasteiger partial charge in [-0.3, -0.25) is 4.57 Å². The molecule has 0 atom stereocenters. The first-order chi connectivity index (χ1) is 9.75. The van der Waals surface area contributed by atoms with Gasteiger partial charge in [0.05, 0.1) is 5.56 Å². The maximum Gasteiger partial charge on any atom is 0.239 e. The fourth-order valence-electron chi connectivity index (χ4n) is 3.00. The van der Waals surface area contributed by atoms with Crippen LogP contribution in [0.4, 0.5) is 0 Å². The summed E-state index contributed by atoms with van der Waals surface area (Å²) < 4.78 is 4.41. The molecule has 0 N–H and O–H groups in total. The van der Waals surface area contributed by atoms with Crippen LogP contribution in [0.1, 0.15) is 11.4 Å². The molecule has 0 radical (unpaired) electrons. The zero-order chi connectivity index (χ0) is 13.7. The van der Waals surface area contributed by atoms with Gasteiger partial charge in [-0.15, -0.1) is 0 Å². The Balaban J connectivity index is 2.16. The Morgan fingerprint density at radius 1 is 1.20 bits per heavy atom. The highest BCUT2D eigenvalue weighted by Gasteiger charge is 2.23. The van der Waals surface area contributed by atoms with E-state index in [4.69, 9.17) is 4.98 Å². The van der Waals surface area contributed by atoms with Crippen molar-refractivity contribution in [1.82, 2.24) is 9.55 Å². The lowest BCUT2D eigenvalue weighted by molar-refractivity contribution is -0.659. The lowest BCUT2D eigenvalue weighted by Gasteiger charge is -2.06. The summed E-state index contributed by atoms with van der Waals surface area (Å²) in [7, 11) is 2.10. The van der Waals surface area contributed by atoms with Crippen molar-refractivity contribution in [2.24, 2.45) is 7.05 Å². The number of hydrogen-bond donors (Lipinski definition) is 0. The summed E-state index contributed by atoms with van der Waals surface area (Å²) in [5.74, 6) is 1.13. The summed E-state index contributed by atoms with van der Waals surface area (Å²) in [4.78, 5) is 4.74. The first-order valence-electron chi connectivity index (χ1n) is 6.88. The highest BCUT2D eigenvalue weighted by Crippen LogP contribution is 2.30. The summed E-state index contributed by atoms with van der Waals surface area (Å²) in [5, 5.41) is 0. The van der Waals surface area contributed by atoms with Crippen LogP contribution in [0, 0.1) is 6.92 Å². The van der Waals surface area contributed by atoms with Gasteiger partial charge in [0.2, 0.25) is 5.69 Å². The standard InChI is InChI=1S/C17H16N3/c1-12-6-3-4-7-13(12)16-17-14(9-11-19(16)2)18-15-8-5-10-20(15)17/h3-7,9-11H,8H2,1-2H3/q+1. The summed E-state index contributed by atoms with van der Waals surface area (Å²) in [6.45, 7) is 2.16. The van der Waals surface area contributed by atoms with Crippen LogP contribution in [0.15, 0.2) is 42.6 Å². The van der Waals surface area contributed by atoms with Crippen LogP contribution in [-0.2, 0) is 13.5 Å². The van der Waals surface area contributed by atoms with Crippen LogP contribution in [0.2, 0.25) is 0 Å². The van der Waals surface area contributed by atoms with E-state index in [1.54, 1.807) is 0 Å². The van der Waals surface area contributed by atoms with Gasteiger partial charge in [0, 0.05) is 18.7 Å². The van der Waals surface area contributed by atoms with Gasteiger partial charge in [-0.25, -0.2) is 4.98 Å². The van der Waals surface area contributed by atoms with Gasteiger partial charge in [0.25, 0.3) is 0 Å². The molecule has 4 rings (SSSR count). The van der Waals surface area contributed by atoms with Gasteiger partial charge in [-0.2, -0.15) is 4.57 Å². The second kappa shape index (κ2) is 4.04. The van der Waals surface area contributed by atoms with Crippen molar-refractivity contribution in [3.63, 3.8) is 0 Å². The van der Waals surface area contributed by atoms with E-state index in [1.807, 2.05) is 0 Å². The molecule has 20 heavy (non-hydrogen) atoms. The van der Waals surface area contributed by atoms with Gasteiger partial charge < -0.3 is 0 Å². The van der Waals surface area contributed by atoms with Crippen molar-refractivity contribution < 1.29 is 4.57 Å². The number of pyridine rings is 1. The lowest BCUT2D eigenvalue weighted by atomic mass is 10.0. The van der Waals surface area contributed by atoms with E-state index in [0.29, 0.717) is 0 Å². The van der Waals surface area contributed by atoms with E-state index in [1.165, 1.54) is 22.3 Å². The Morgan fingerprint density at radius 2 is 2.05 bits per heavy atom. The normalized spacial score (nSPS) is 13.1. The molecule has 3 heteroatoms. The Labute approximate surface area is 117 Å². The molecular weight excluding hydrogens is 246 g/mol. The highest BCUT2D eigenvalue weighted by atomic mass is 15.1. The summed E-state index contributed by atoms with van der Waals surface area (Å²) in [6, 6.07) is 10.6. The van der Waals surface area contributed by atoms with Crippen molar-refractivity contribution in [2.75, 3.05) is 0 Å². The van der Waals surface area contributed by atoms with Crippen LogP contribution >= 0.6 is 0 Å². The molecule has 1 aliphatic rings. The first-order valence-corrected chi connectivity index (χ1v) is 6.88. The number of rotatable bonds is 1. The van der Waals surface area contributed by atoms with Gasteiger partial charge in [-0.1, -0.05) is 24.3 Å². The minimum absolute atomic E-state index is 0.922. The molecule has 3 heterocycles. The van der Waals surface area contributed by atoms with E-state index in [0.717, 1.165) is 17.8 Å². The number of aryl methyl sites for hydroxylation is 2. The number of imidazole rings is 1. The molecule has 0 saturated heterocycles. The van der Waals surface area contributed by atoms with Gasteiger partial charge >= 0.3 is 0 Å².